The molecule has 1 fully saturated rings. The van der Waals surface area contributed by atoms with E-state index in [1.165, 1.54) is 12.1 Å². The van der Waals surface area contributed by atoms with Crippen LogP contribution in [0.25, 0.3) is 0 Å². The van der Waals surface area contributed by atoms with Crippen LogP contribution in [-0.2, 0) is 11.3 Å². The van der Waals surface area contributed by atoms with Gasteiger partial charge in [0.2, 0.25) is 5.91 Å². The van der Waals surface area contributed by atoms with E-state index in [1.807, 2.05) is 24.3 Å². The van der Waals surface area contributed by atoms with Gasteiger partial charge in [0.25, 0.3) is 5.91 Å². The number of halogens is 2. The van der Waals surface area contributed by atoms with Gasteiger partial charge in [0.05, 0.1) is 11.5 Å². The summed E-state index contributed by atoms with van der Waals surface area (Å²) in [5, 5.41) is 2.94. The number of carbonyl (C=O) groups excluding carboxylic acids is 2. The molecule has 0 saturated carbocycles. The quantitative estimate of drug-likeness (QED) is 0.821. The molecule has 0 radical (unpaired) electrons. The van der Waals surface area contributed by atoms with Crippen molar-refractivity contribution in [3.63, 3.8) is 0 Å². The number of hydrogen-bond donors (Lipinski definition) is 1. The summed E-state index contributed by atoms with van der Waals surface area (Å²) in [6.07, 6.45) is 1.45. The molecule has 2 aromatic carbocycles. The summed E-state index contributed by atoms with van der Waals surface area (Å²) in [7, 11) is 0. The molecule has 136 valence electrons. The van der Waals surface area contributed by atoms with Crippen LogP contribution in [0.3, 0.4) is 0 Å². The minimum absolute atomic E-state index is 0.0572. The van der Waals surface area contributed by atoms with Crippen molar-refractivity contribution < 1.29 is 14.0 Å². The summed E-state index contributed by atoms with van der Waals surface area (Å²) in [5.74, 6) is -1.24. The Hall–Kier alpha value is -2.21. The van der Waals surface area contributed by atoms with Crippen molar-refractivity contribution in [2.24, 2.45) is 5.92 Å². The summed E-state index contributed by atoms with van der Waals surface area (Å²) in [6, 6.07) is 13.7. The molecule has 3 rings (SSSR count). The third-order valence-corrected chi connectivity index (χ3v) is 5.37. The first-order valence-electron chi connectivity index (χ1n) is 8.61. The fraction of sp³-hybridized carbons (Fsp3) is 0.300. The first kappa shape index (κ1) is 18.6. The van der Waals surface area contributed by atoms with Crippen LogP contribution in [0, 0.1) is 11.7 Å². The van der Waals surface area contributed by atoms with E-state index in [4.69, 9.17) is 0 Å². The molecule has 2 aromatic rings. The number of benzene rings is 2. The second-order valence-corrected chi connectivity index (χ2v) is 7.23. The predicted molar refractivity (Wildman–Crippen MR) is 101 cm³/mol. The Morgan fingerprint density at radius 3 is 2.65 bits per heavy atom. The SMILES string of the molecule is O=C(NCc1ccccc1Br)[C@@H]1CCCN(C(=O)c2ccccc2F)C1. The van der Waals surface area contributed by atoms with Crippen molar-refractivity contribution in [1.82, 2.24) is 10.2 Å². The maximum atomic E-state index is 13.9. The number of carbonyl (C=O) groups is 2. The van der Waals surface area contributed by atoms with Crippen molar-refractivity contribution in [3.8, 4) is 0 Å². The highest BCUT2D eigenvalue weighted by molar-refractivity contribution is 9.10. The Morgan fingerprint density at radius 2 is 1.88 bits per heavy atom. The van der Waals surface area contributed by atoms with Gasteiger partial charge in [-0.2, -0.15) is 0 Å². The molecule has 1 N–H and O–H groups in total. The van der Waals surface area contributed by atoms with E-state index in [1.54, 1.807) is 17.0 Å². The lowest BCUT2D eigenvalue weighted by Crippen LogP contribution is -2.45. The van der Waals surface area contributed by atoms with Gasteiger partial charge in [-0.1, -0.05) is 46.3 Å². The predicted octanol–water partition coefficient (Wildman–Crippen LogP) is 3.76. The van der Waals surface area contributed by atoms with Crippen LogP contribution in [0.1, 0.15) is 28.8 Å². The summed E-state index contributed by atoms with van der Waals surface area (Å²) >= 11 is 3.46. The van der Waals surface area contributed by atoms with E-state index in [0.717, 1.165) is 22.9 Å². The maximum absolute atomic E-state index is 13.9. The third-order valence-electron chi connectivity index (χ3n) is 4.59. The lowest BCUT2D eigenvalue weighted by atomic mass is 9.96. The molecule has 1 aliphatic rings. The smallest absolute Gasteiger partial charge is 0.256 e. The molecule has 0 aromatic heterocycles. The molecule has 1 atom stereocenters. The van der Waals surface area contributed by atoms with Gasteiger partial charge in [-0.05, 0) is 36.6 Å². The molecular formula is C20H20BrFN2O2. The Morgan fingerprint density at radius 1 is 1.15 bits per heavy atom. The lowest BCUT2D eigenvalue weighted by Gasteiger charge is -2.32. The van der Waals surface area contributed by atoms with E-state index in [9.17, 15) is 14.0 Å². The minimum atomic E-state index is -0.530. The van der Waals surface area contributed by atoms with Crippen molar-refractivity contribution in [3.05, 3.63) is 69.9 Å². The number of nitrogens with one attached hydrogen (secondary N) is 1. The van der Waals surface area contributed by atoms with E-state index in [-0.39, 0.29) is 23.3 Å². The lowest BCUT2D eigenvalue weighted by molar-refractivity contribution is -0.126. The van der Waals surface area contributed by atoms with E-state index in [2.05, 4.69) is 21.2 Å². The highest BCUT2D eigenvalue weighted by Crippen LogP contribution is 2.21. The van der Waals surface area contributed by atoms with E-state index < -0.39 is 5.82 Å². The molecule has 26 heavy (non-hydrogen) atoms. The average molecular weight is 419 g/mol. The number of hydrogen-bond acceptors (Lipinski definition) is 2. The summed E-state index contributed by atoms with van der Waals surface area (Å²) in [6.45, 7) is 1.29. The molecule has 1 aliphatic heterocycles. The largest absolute Gasteiger partial charge is 0.352 e. The van der Waals surface area contributed by atoms with Gasteiger partial charge < -0.3 is 10.2 Å². The van der Waals surface area contributed by atoms with Gasteiger partial charge in [0.15, 0.2) is 0 Å². The molecule has 1 heterocycles. The van der Waals surface area contributed by atoms with Crippen LogP contribution in [-0.4, -0.2) is 29.8 Å². The average Bonchev–Trinajstić information content (AvgIpc) is 2.67. The summed E-state index contributed by atoms with van der Waals surface area (Å²) in [4.78, 5) is 26.7. The van der Waals surface area contributed by atoms with Gasteiger partial charge in [0, 0.05) is 24.1 Å². The first-order valence-corrected chi connectivity index (χ1v) is 9.40. The molecule has 0 spiro atoms. The van der Waals surface area contributed by atoms with Crippen molar-refractivity contribution in [1.29, 1.82) is 0 Å². The van der Waals surface area contributed by atoms with Crippen LogP contribution >= 0.6 is 15.9 Å². The zero-order valence-corrected chi connectivity index (χ0v) is 15.8. The first-order chi connectivity index (χ1) is 12.6. The van der Waals surface area contributed by atoms with Gasteiger partial charge in [0.1, 0.15) is 5.82 Å². The highest BCUT2D eigenvalue weighted by atomic mass is 79.9. The van der Waals surface area contributed by atoms with Crippen molar-refractivity contribution in [2.45, 2.75) is 19.4 Å². The Balaban J connectivity index is 1.61. The summed E-state index contributed by atoms with van der Waals surface area (Å²) in [5.41, 5.74) is 1.05. The minimum Gasteiger partial charge on any atom is -0.352 e. The van der Waals surface area contributed by atoms with Crippen LogP contribution < -0.4 is 5.32 Å². The van der Waals surface area contributed by atoms with Crippen LogP contribution in [0.5, 0.6) is 0 Å². The molecule has 1 saturated heterocycles. The van der Waals surface area contributed by atoms with Crippen LogP contribution in [0.15, 0.2) is 53.0 Å². The Kier molecular flexibility index (Phi) is 6.04. The Labute approximate surface area is 160 Å². The molecule has 0 aliphatic carbocycles. The highest BCUT2D eigenvalue weighted by Gasteiger charge is 2.29. The zero-order chi connectivity index (χ0) is 18.5. The topological polar surface area (TPSA) is 49.4 Å². The maximum Gasteiger partial charge on any atom is 0.256 e. The number of nitrogens with zero attached hydrogens (tertiary/aromatic N) is 1. The van der Waals surface area contributed by atoms with Crippen LogP contribution in [0.4, 0.5) is 4.39 Å². The standard InChI is InChI=1S/C20H20BrFN2O2/c21-17-9-3-1-6-14(17)12-23-19(25)15-7-5-11-24(13-15)20(26)16-8-2-4-10-18(16)22/h1-4,6,8-10,15H,5,7,11-13H2,(H,23,25)/t15-/m1/s1. The van der Waals surface area contributed by atoms with E-state index >= 15 is 0 Å². The normalized spacial score (nSPS) is 17.0. The third kappa shape index (κ3) is 4.30. The van der Waals surface area contributed by atoms with Gasteiger partial charge in [-0.25, -0.2) is 4.39 Å². The molecular weight excluding hydrogens is 399 g/mol. The fourth-order valence-corrected chi connectivity index (χ4v) is 3.57. The molecule has 6 heteroatoms. The zero-order valence-electron chi connectivity index (χ0n) is 14.3. The monoisotopic (exact) mass is 418 g/mol. The van der Waals surface area contributed by atoms with Crippen molar-refractivity contribution >= 4 is 27.7 Å². The van der Waals surface area contributed by atoms with Gasteiger partial charge in [-0.15, -0.1) is 0 Å². The van der Waals surface area contributed by atoms with Gasteiger partial charge >= 0.3 is 0 Å². The number of rotatable bonds is 4. The van der Waals surface area contributed by atoms with Crippen LogP contribution in [0.2, 0.25) is 0 Å². The number of likely N-dealkylation sites (tertiary alicyclic amines) is 1. The number of amides is 2. The van der Waals surface area contributed by atoms with E-state index in [0.29, 0.717) is 19.6 Å². The van der Waals surface area contributed by atoms with Crippen molar-refractivity contribution in [2.75, 3.05) is 13.1 Å². The molecule has 2 amide bonds. The Bertz CT molecular complexity index is 812. The molecule has 0 bridgehead atoms. The molecule has 0 unspecified atom stereocenters. The second-order valence-electron chi connectivity index (χ2n) is 6.38. The number of piperidine rings is 1. The van der Waals surface area contributed by atoms with Gasteiger partial charge in [-0.3, -0.25) is 9.59 Å². The molecule has 4 nitrogen and oxygen atoms in total. The summed E-state index contributed by atoms with van der Waals surface area (Å²) < 4.78 is 14.8. The fourth-order valence-electron chi connectivity index (χ4n) is 3.15. The second kappa shape index (κ2) is 8.45.